The number of aliphatic hydroxyl groups excluding tert-OH is 1. The number of aliphatic hydroxyl groups is 1. The van der Waals surface area contributed by atoms with E-state index in [0.29, 0.717) is 12.8 Å². The van der Waals surface area contributed by atoms with Crippen LogP contribution in [0, 0.1) is 0 Å². The molecule has 0 saturated heterocycles. The highest BCUT2D eigenvalue weighted by Crippen LogP contribution is 2.16. The molecule has 1 N–H and O–H groups in total. The number of esters is 2. The van der Waals surface area contributed by atoms with Crippen LogP contribution in [-0.4, -0.2) is 36.4 Å². The quantitative estimate of drug-likeness (QED) is 0.0374. The molecule has 380 valence electrons. The number of unbranched alkanes of at least 4 members (excludes halogenated alkanes) is 29. The summed E-state index contributed by atoms with van der Waals surface area (Å²) in [5, 5.41) is 9.64. The minimum Gasteiger partial charge on any atom is -0.462 e. The molecule has 0 spiro atoms. The molecule has 66 heavy (non-hydrogen) atoms. The number of hydrogen-bond donors (Lipinski definition) is 1. The Morgan fingerprint density at radius 2 is 0.652 bits per heavy atom. The Bertz CT molecular complexity index is 1220. The van der Waals surface area contributed by atoms with Gasteiger partial charge in [0.05, 0.1) is 6.61 Å². The van der Waals surface area contributed by atoms with E-state index >= 15 is 0 Å². The van der Waals surface area contributed by atoms with Gasteiger partial charge in [-0.15, -0.1) is 0 Å². The molecule has 0 aromatic heterocycles. The maximum atomic E-state index is 12.3. The molecule has 0 radical (unpaired) electrons. The van der Waals surface area contributed by atoms with Gasteiger partial charge >= 0.3 is 11.9 Å². The third-order valence-corrected chi connectivity index (χ3v) is 12.2. The summed E-state index contributed by atoms with van der Waals surface area (Å²) in [6, 6.07) is 0. The van der Waals surface area contributed by atoms with E-state index in [9.17, 15) is 14.7 Å². The second-order valence-corrected chi connectivity index (χ2v) is 18.6. The lowest BCUT2D eigenvalue weighted by Gasteiger charge is -2.15. The zero-order valence-corrected chi connectivity index (χ0v) is 43.4. The van der Waals surface area contributed by atoms with Crippen LogP contribution in [0.15, 0.2) is 85.1 Å². The summed E-state index contributed by atoms with van der Waals surface area (Å²) in [4.78, 5) is 24.5. The molecule has 0 aromatic carbocycles. The number of carbonyl (C=O) groups excluding carboxylic acids is 2. The Morgan fingerprint density at radius 3 is 1.00 bits per heavy atom. The lowest BCUT2D eigenvalue weighted by Crippen LogP contribution is -2.28. The van der Waals surface area contributed by atoms with Crippen molar-refractivity contribution in [3.63, 3.8) is 0 Å². The number of carbonyl (C=O) groups is 2. The van der Waals surface area contributed by atoms with Crippen molar-refractivity contribution in [1.29, 1.82) is 0 Å². The maximum absolute atomic E-state index is 12.3. The smallest absolute Gasteiger partial charge is 0.306 e. The largest absolute Gasteiger partial charge is 0.462 e. The van der Waals surface area contributed by atoms with Crippen molar-refractivity contribution in [3.8, 4) is 0 Å². The van der Waals surface area contributed by atoms with Crippen LogP contribution in [0.25, 0.3) is 0 Å². The van der Waals surface area contributed by atoms with Crippen LogP contribution in [0.4, 0.5) is 0 Å². The monoisotopic (exact) mass is 919 g/mol. The van der Waals surface area contributed by atoms with Crippen LogP contribution in [-0.2, 0) is 19.1 Å². The van der Waals surface area contributed by atoms with Crippen LogP contribution >= 0.6 is 0 Å². The molecule has 0 rings (SSSR count). The minimum absolute atomic E-state index is 0.0681. The van der Waals surface area contributed by atoms with E-state index < -0.39 is 6.10 Å². The van der Waals surface area contributed by atoms with Crippen LogP contribution in [0.5, 0.6) is 0 Å². The van der Waals surface area contributed by atoms with E-state index in [2.05, 4.69) is 98.9 Å². The molecule has 0 bridgehead atoms. The molecule has 1 atom stereocenters. The first kappa shape index (κ1) is 63.1. The summed E-state index contributed by atoms with van der Waals surface area (Å²) in [7, 11) is 0. The number of ether oxygens (including phenoxy) is 2. The van der Waals surface area contributed by atoms with Crippen LogP contribution < -0.4 is 0 Å². The molecule has 0 saturated carbocycles. The Labute approximate surface area is 409 Å². The van der Waals surface area contributed by atoms with Crippen LogP contribution in [0.2, 0.25) is 0 Å². The summed E-state index contributed by atoms with van der Waals surface area (Å²) in [6.07, 6.45) is 78.4. The molecule has 0 fully saturated rings. The minimum atomic E-state index is -0.776. The molecular formula is C61H106O5. The standard InChI is InChI=1S/C61H106O5/c1-3-5-7-9-11-13-15-17-19-21-22-23-24-25-26-27-28-29-30-31-32-33-34-35-36-37-38-40-42-44-46-48-50-52-54-56-61(64)66-59(57-62)58-65-60(63)55-53-51-49-47-45-43-41-39-20-18-16-14-12-10-8-6-4-2/h5,7,11,13,17-20,22-23,25-26,28-29,59,62H,3-4,6,8-10,12,14-16,21,24,27,30-58H2,1-2H3/b7-5-,13-11-,19-17-,20-18-,23-22-,26-25-,29-28-. The van der Waals surface area contributed by atoms with Gasteiger partial charge in [0, 0.05) is 12.8 Å². The number of allylic oxidation sites excluding steroid dienone is 14. The second kappa shape index (κ2) is 56.4. The molecule has 0 aromatic rings. The van der Waals surface area contributed by atoms with E-state index in [0.717, 1.165) is 77.0 Å². The zero-order valence-electron chi connectivity index (χ0n) is 43.4. The fourth-order valence-electron chi connectivity index (χ4n) is 7.97. The summed E-state index contributed by atoms with van der Waals surface area (Å²) in [5.74, 6) is -0.589. The molecule has 1 unspecified atom stereocenters. The van der Waals surface area contributed by atoms with Gasteiger partial charge in [0.15, 0.2) is 6.10 Å². The molecule has 0 amide bonds. The van der Waals surface area contributed by atoms with Crippen molar-refractivity contribution in [2.75, 3.05) is 13.2 Å². The molecule has 0 aliphatic carbocycles. The fourth-order valence-corrected chi connectivity index (χ4v) is 7.97. The van der Waals surface area contributed by atoms with E-state index in [1.54, 1.807) is 0 Å². The molecular weight excluding hydrogens is 813 g/mol. The Morgan fingerprint density at radius 1 is 0.364 bits per heavy atom. The van der Waals surface area contributed by atoms with Gasteiger partial charge < -0.3 is 14.6 Å². The average Bonchev–Trinajstić information content (AvgIpc) is 3.32. The molecule has 0 heterocycles. The molecule has 5 nitrogen and oxygen atoms in total. The Kier molecular flexibility index (Phi) is 53.9. The van der Waals surface area contributed by atoms with E-state index in [1.807, 2.05) is 0 Å². The highest BCUT2D eigenvalue weighted by Gasteiger charge is 2.16. The lowest BCUT2D eigenvalue weighted by molar-refractivity contribution is -0.161. The topological polar surface area (TPSA) is 72.8 Å². The first-order valence-corrected chi connectivity index (χ1v) is 28.1. The van der Waals surface area contributed by atoms with E-state index in [4.69, 9.17) is 9.47 Å². The van der Waals surface area contributed by atoms with Crippen molar-refractivity contribution in [1.82, 2.24) is 0 Å². The highest BCUT2D eigenvalue weighted by molar-refractivity contribution is 5.70. The number of rotatable bonds is 51. The van der Waals surface area contributed by atoms with Gasteiger partial charge in [-0.3, -0.25) is 9.59 Å². The first-order chi connectivity index (χ1) is 32.6. The zero-order chi connectivity index (χ0) is 47.7. The first-order valence-electron chi connectivity index (χ1n) is 28.1. The summed E-state index contributed by atoms with van der Waals surface area (Å²) < 4.78 is 10.7. The third-order valence-electron chi connectivity index (χ3n) is 12.2. The maximum Gasteiger partial charge on any atom is 0.306 e. The van der Waals surface area contributed by atoms with Crippen LogP contribution in [0.3, 0.4) is 0 Å². The Balaban J connectivity index is 3.48. The van der Waals surface area contributed by atoms with Gasteiger partial charge in [-0.2, -0.15) is 0 Å². The average molecular weight is 920 g/mol. The highest BCUT2D eigenvalue weighted by atomic mass is 16.6. The van der Waals surface area contributed by atoms with Crippen molar-refractivity contribution < 1.29 is 24.2 Å². The predicted molar refractivity (Wildman–Crippen MR) is 288 cm³/mol. The second-order valence-electron chi connectivity index (χ2n) is 18.6. The molecule has 0 aliphatic heterocycles. The Hall–Kier alpha value is -2.92. The van der Waals surface area contributed by atoms with Crippen molar-refractivity contribution in [2.45, 2.75) is 277 Å². The van der Waals surface area contributed by atoms with Gasteiger partial charge in [0.2, 0.25) is 0 Å². The van der Waals surface area contributed by atoms with Gasteiger partial charge in [-0.05, 0) is 89.9 Å². The van der Waals surface area contributed by atoms with Crippen molar-refractivity contribution in [2.24, 2.45) is 0 Å². The lowest BCUT2D eigenvalue weighted by atomic mass is 10.0. The molecule has 5 heteroatoms. The molecule has 0 aliphatic rings. The van der Waals surface area contributed by atoms with E-state index in [-0.39, 0.29) is 25.2 Å². The van der Waals surface area contributed by atoms with Gasteiger partial charge in [-0.25, -0.2) is 0 Å². The summed E-state index contributed by atoms with van der Waals surface area (Å²) in [6.45, 7) is 4.04. The van der Waals surface area contributed by atoms with Gasteiger partial charge in [0.25, 0.3) is 0 Å². The summed E-state index contributed by atoms with van der Waals surface area (Å²) >= 11 is 0. The third kappa shape index (κ3) is 53.7. The van der Waals surface area contributed by atoms with Gasteiger partial charge in [-0.1, -0.05) is 253 Å². The van der Waals surface area contributed by atoms with Crippen molar-refractivity contribution >= 4 is 11.9 Å². The van der Waals surface area contributed by atoms with Gasteiger partial charge in [0.1, 0.15) is 6.61 Å². The SMILES string of the molecule is CC/C=C\C/C=C\C/C=C\C/C=C\C/C=C\C/C=C\CCCCCCCCCCCCCCCCCCC(=O)OC(CO)COC(=O)CCCCCCCCC/C=C\CCCCCCCC. The summed E-state index contributed by atoms with van der Waals surface area (Å²) in [5.41, 5.74) is 0. The number of hydrogen-bond acceptors (Lipinski definition) is 5. The normalized spacial score (nSPS) is 12.8. The predicted octanol–water partition coefficient (Wildman–Crippen LogP) is 19.0. The van der Waals surface area contributed by atoms with Crippen molar-refractivity contribution in [3.05, 3.63) is 85.1 Å². The fraction of sp³-hybridized carbons (Fsp3) is 0.738. The van der Waals surface area contributed by atoms with Crippen LogP contribution in [0.1, 0.15) is 271 Å². The van der Waals surface area contributed by atoms with E-state index in [1.165, 1.54) is 167 Å².